The van der Waals surface area contributed by atoms with E-state index < -0.39 is 0 Å². The molecule has 2 amide bonds. The molecule has 0 atom stereocenters. The molecule has 2 aliphatic heterocycles. The Morgan fingerprint density at radius 2 is 1.54 bits per heavy atom. The normalized spacial score (nSPS) is 15.8. The molecule has 2 aromatic rings. The molecule has 0 unspecified atom stereocenters. The lowest BCUT2D eigenvalue weighted by molar-refractivity contribution is 0.0761. The molecule has 6 heteroatoms. The molecule has 1 fully saturated rings. The summed E-state index contributed by atoms with van der Waals surface area (Å²) in [6, 6.07) is 12.5. The summed E-state index contributed by atoms with van der Waals surface area (Å²) < 4.78 is 10.6. The van der Waals surface area contributed by atoms with Crippen molar-refractivity contribution in [3.05, 3.63) is 59.2 Å². The third-order valence-electron chi connectivity index (χ3n) is 5.18. The fourth-order valence-electron chi connectivity index (χ4n) is 3.56. The zero-order valence-corrected chi connectivity index (χ0v) is 15.8. The predicted molar refractivity (Wildman–Crippen MR) is 105 cm³/mol. The second-order valence-electron chi connectivity index (χ2n) is 7.15. The molecule has 0 radical (unpaired) electrons. The Balaban J connectivity index is 1.35. The maximum Gasteiger partial charge on any atom is 0.253 e. The number of fused-ring (bicyclic) bond motifs is 1. The maximum atomic E-state index is 12.6. The molecule has 4 rings (SSSR count). The monoisotopic (exact) mass is 380 g/mol. The topological polar surface area (TPSA) is 67.9 Å². The van der Waals surface area contributed by atoms with Crippen molar-refractivity contribution in [2.75, 3.05) is 19.9 Å². The predicted octanol–water partition coefficient (Wildman–Crippen LogP) is 3.36. The Morgan fingerprint density at radius 3 is 2.29 bits per heavy atom. The molecule has 2 aliphatic rings. The van der Waals surface area contributed by atoms with Gasteiger partial charge < -0.3 is 19.7 Å². The molecule has 1 saturated heterocycles. The molecule has 0 aromatic heterocycles. The van der Waals surface area contributed by atoms with E-state index in [9.17, 15) is 9.59 Å². The Bertz CT molecular complexity index is 855. The van der Waals surface area contributed by atoms with E-state index in [2.05, 4.69) is 5.32 Å². The summed E-state index contributed by atoms with van der Waals surface area (Å²) in [5.74, 6) is 1.29. The van der Waals surface area contributed by atoms with E-state index in [0.29, 0.717) is 23.4 Å². The van der Waals surface area contributed by atoms with Gasteiger partial charge in [-0.1, -0.05) is 18.9 Å². The Kier molecular flexibility index (Phi) is 5.46. The summed E-state index contributed by atoms with van der Waals surface area (Å²) in [6.45, 7) is 2.25. The highest BCUT2D eigenvalue weighted by Gasteiger charge is 2.18. The zero-order chi connectivity index (χ0) is 19.3. The average Bonchev–Trinajstić information content (AvgIpc) is 3.03. The van der Waals surface area contributed by atoms with E-state index in [1.165, 1.54) is 12.8 Å². The van der Waals surface area contributed by atoms with Crippen molar-refractivity contribution in [2.24, 2.45) is 0 Å². The highest BCUT2D eigenvalue weighted by atomic mass is 16.7. The van der Waals surface area contributed by atoms with Crippen molar-refractivity contribution in [3.8, 4) is 11.5 Å². The van der Waals surface area contributed by atoms with Gasteiger partial charge in [0.1, 0.15) is 0 Å². The minimum atomic E-state index is -0.175. The number of rotatable bonds is 4. The number of carbonyl (C=O) groups is 2. The lowest BCUT2D eigenvalue weighted by Crippen LogP contribution is -2.31. The Hall–Kier alpha value is -3.02. The lowest BCUT2D eigenvalue weighted by atomic mass is 10.1. The van der Waals surface area contributed by atoms with Gasteiger partial charge in [-0.15, -0.1) is 0 Å². The number of carbonyl (C=O) groups excluding carboxylic acids is 2. The first kappa shape index (κ1) is 18.3. The minimum Gasteiger partial charge on any atom is -0.454 e. The second kappa shape index (κ2) is 8.33. The third kappa shape index (κ3) is 4.11. The van der Waals surface area contributed by atoms with E-state index in [1.807, 2.05) is 23.1 Å². The van der Waals surface area contributed by atoms with Gasteiger partial charge in [0, 0.05) is 30.8 Å². The van der Waals surface area contributed by atoms with Crippen LogP contribution in [0.25, 0.3) is 0 Å². The Labute approximate surface area is 164 Å². The number of benzene rings is 2. The quantitative estimate of drug-likeness (QED) is 0.883. The fraction of sp³-hybridized carbons (Fsp3) is 0.364. The highest BCUT2D eigenvalue weighted by molar-refractivity contribution is 5.97. The van der Waals surface area contributed by atoms with Gasteiger partial charge in [0.2, 0.25) is 6.79 Å². The lowest BCUT2D eigenvalue weighted by Gasteiger charge is -2.20. The number of nitrogens with one attached hydrogen (secondary N) is 1. The molecular weight excluding hydrogens is 356 g/mol. The summed E-state index contributed by atoms with van der Waals surface area (Å²) >= 11 is 0. The molecule has 0 bridgehead atoms. The first-order valence-corrected chi connectivity index (χ1v) is 9.77. The molecule has 0 spiro atoms. The molecule has 6 nitrogen and oxygen atoms in total. The second-order valence-corrected chi connectivity index (χ2v) is 7.15. The van der Waals surface area contributed by atoms with Crippen LogP contribution >= 0.6 is 0 Å². The average molecular weight is 380 g/mol. The summed E-state index contributed by atoms with van der Waals surface area (Å²) in [6.07, 6.45) is 4.50. The van der Waals surface area contributed by atoms with E-state index in [1.54, 1.807) is 24.3 Å². The number of amides is 2. The van der Waals surface area contributed by atoms with Crippen LogP contribution in [0.5, 0.6) is 11.5 Å². The number of likely N-dealkylation sites (tertiary alicyclic amines) is 1. The van der Waals surface area contributed by atoms with Crippen LogP contribution in [0.15, 0.2) is 42.5 Å². The van der Waals surface area contributed by atoms with Crippen molar-refractivity contribution >= 4 is 11.8 Å². The number of hydrogen-bond acceptors (Lipinski definition) is 4. The van der Waals surface area contributed by atoms with Crippen molar-refractivity contribution < 1.29 is 19.1 Å². The van der Waals surface area contributed by atoms with Crippen molar-refractivity contribution in [3.63, 3.8) is 0 Å². The Morgan fingerprint density at radius 1 is 0.857 bits per heavy atom. The van der Waals surface area contributed by atoms with Gasteiger partial charge in [0.25, 0.3) is 11.8 Å². The van der Waals surface area contributed by atoms with Crippen LogP contribution in [-0.4, -0.2) is 36.6 Å². The summed E-state index contributed by atoms with van der Waals surface area (Å²) in [5, 5.41) is 2.90. The SMILES string of the molecule is O=C(NCc1ccc2c(c1)OCO2)c1ccc(C(=O)N2CCCCCC2)cc1. The van der Waals surface area contributed by atoms with Crippen molar-refractivity contribution in [1.29, 1.82) is 0 Å². The van der Waals surface area contributed by atoms with Crippen LogP contribution in [0.4, 0.5) is 0 Å². The molecule has 2 aromatic carbocycles. The van der Waals surface area contributed by atoms with E-state index in [4.69, 9.17) is 9.47 Å². The largest absolute Gasteiger partial charge is 0.454 e. The molecule has 28 heavy (non-hydrogen) atoms. The fourth-order valence-corrected chi connectivity index (χ4v) is 3.56. The number of ether oxygens (including phenoxy) is 2. The van der Waals surface area contributed by atoms with Gasteiger partial charge in [0.05, 0.1) is 0 Å². The number of hydrogen-bond donors (Lipinski definition) is 1. The zero-order valence-electron chi connectivity index (χ0n) is 15.8. The first-order valence-electron chi connectivity index (χ1n) is 9.77. The van der Waals surface area contributed by atoms with Gasteiger partial charge in [0.15, 0.2) is 11.5 Å². The smallest absolute Gasteiger partial charge is 0.253 e. The van der Waals surface area contributed by atoms with E-state index in [0.717, 1.165) is 37.2 Å². The van der Waals surface area contributed by atoms with Crippen molar-refractivity contribution in [1.82, 2.24) is 10.2 Å². The van der Waals surface area contributed by atoms with E-state index in [-0.39, 0.29) is 18.6 Å². The molecule has 0 saturated carbocycles. The van der Waals surface area contributed by atoms with Gasteiger partial charge in [-0.25, -0.2) is 0 Å². The molecule has 2 heterocycles. The van der Waals surface area contributed by atoms with Gasteiger partial charge in [-0.05, 0) is 54.8 Å². The molecule has 0 aliphatic carbocycles. The summed E-state index contributed by atoms with van der Waals surface area (Å²) in [7, 11) is 0. The first-order chi connectivity index (χ1) is 13.7. The summed E-state index contributed by atoms with van der Waals surface area (Å²) in [4.78, 5) is 27.0. The van der Waals surface area contributed by atoms with Gasteiger partial charge in [-0.3, -0.25) is 9.59 Å². The molecule has 1 N–H and O–H groups in total. The van der Waals surface area contributed by atoms with Gasteiger partial charge >= 0.3 is 0 Å². The van der Waals surface area contributed by atoms with Crippen LogP contribution in [0, 0.1) is 0 Å². The maximum absolute atomic E-state index is 12.6. The molecular formula is C22H24N2O4. The standard InChI is InChI=1S/C22H24N2O4/c25-21(23-14-16-5-10-19-20(13-16)28-15-27-19)17-6-8-18(9-7-17)22(26)24-11-3-1-2-4-12-24/h5-10,13H,1-4,11-12,14-15H2,(H,23,25). The highest BCUT2D eigenvalue weighted by Crippen LogP contribution is 2.32. The van der Waals surface area contributed by atoms with Gasteiger partial charge in [-0.2, -0.15) is 0 Å². The van der Waals surface area contributed by atoms with Crippen molar-refractivity contribution in [2.45, 2.75) is 32.2 Å². The van der Waals surface area contributed by atoms with Crippen LogP contribution in [0.2, 0.25) is 0 Å². The van der Waals surface area contributed by atoms with Crippen LogP contribution in [-0.2, 0) is 6.54 Å². The summed E-state index contributed by atoms with van der Waals surface area (Å²) in [5.41, 5.74) is 2.10. The minimum absolute atomic E-state index is 0.0502. The third-order valence-corrected chi connectivity index (χ3v) is 5.18. The van der Waals surface area contributed by atoms with Crippen LogP contribution < -0.4 is 14.8 Å². The number of nitrogens with zero attached hydrogens (tertiary/aromatic N) is 1. The van der Waals surface area contributed by atoms with E-state index >= 15 is 0 Å². The van der Waals surface area contributed by atoms with Crippen LogP contribution in [0.1, 0.15) is 52.0 Å². The van der Waals surface area contributed by atoms with Crippen LogP contribution in [0.3, 0.4) is 0 Å². The molecule has 146 valence electrons.